The van der Waals surface area contributed by atoms with Crippen LogP contribution in [0.4, 0.5) is 11.4 Å². The zero-order valence-corrected chi connectivity index (χ0v) is 16.4. The number of ether oxygens (including phenoxy) is 1. The van der Waals surface area contributed by atoms with E-state index in [4.69, 9.17) is 4.74 Å². The van der Waals surface area contributed by atoms with Crippen molar-refractivity contribution in [2.75, 3.05) is 10.2 Å². The first kappa shape index (κ1) is 19.4. The van der Waals surface area contributed by atoms with Gasteiger partial charge in [-0.25, -0.2) is 4.79 Å². The van der Waals surface area contributed by atoms with Crippen molar-refractivity contribution in [3.8, 4) is 5.75 Å². The average Bonchev–Trinajstić information content (AvgIpc) is 2.75. The van der Waals surface area contributed by atoms with Crippen LogP contribution in [0.5, 0.6) is 5.75 Å². The van der Waals surface area contributed by atoms with Crippen molar-refractivity contribution in [1.29, 1.82) is 0 Å². The molecule has 1 N–H and O–H groups in total. The van der Waals surface area contributed by atoms with E-state index in [9.17, 15) is 14.4 Å². The second-order valence-electron chi connectivity index (χ2n) is 7.06. The molecule has 0 spiro atoms. The van der Waals surface area contributed by atoms with E-state index in [0.29, 0.717) is 22.7 Å². The largest absolute Gasteiger partial charge is 0.423 e. The molecule has 0 saturated heterocycles. The van der Waals surface area contributed by atoms with Gasteiger partial charge in [-0.2, -0.15) is 0 Å². The van der Waals surface area contributed by atoms with Gasteiger partial charge in [0.25, 0.3) is 5.91 Å². The number of carbonyl (C=O) groups excluding carboxylic acids is 3. The third-order valence-electron chi connectivity index (χ3n) is 4.87. The van der Waals surface area contributed by atoms with Crippen molar-refractivity contribution >= 4 is 29.2 Å². The molecule has 1 atom stereocenters. The minimum Gasteiger partial charge on any atom is -0.423 e. The van der Waals surface area contributed by atoms with Gasteiger partial charge >= 0.3 is 5.97 Å². The van der Waals surface area contributed by atoms with Crippen LogP contribution in [-0.2, 0) is 9.59 Å². The van der Waals surface area contributed by atoms with Crippen LogP contribution in [0, 0.1) is 6.92 Å². The highest BCUT2D eigenvalue weighted by Gasteiger charge is 2.40. The standard InChI is InChI=1S/C24H20N2O4/c1-16-11-13-17(14-12-16)23(28)26-19-9-5-6-10-21(19)30-24(29)20(26)15-22(27)25-18-7-3-2-4-8-18/h2-14,20H,15H2,1H3,(H,25,27)/t20-/m1/s1. The van der Waals surface area contributed by atoms with Gasteiger partial charge in [-0.3, -0.25) is 14.5 Å². The summed E-state index contributed by atoms with van der Waals surface area (Å²) in [6, 6.07) is 21.8. The summed E-state index contributed by atoms with van der Waals surface area (Å²) < 4.78 is 5.42. The molecule has 6 heteroatoms. The summed E-state index contributed by atoms with van der Waals surface area (Å²) in [6.45, 7) is 1.93. The number of aryl methyl sites for hydroxylation is 1. The summed E-state index contributed by atoms with van der Waals surface area (Å²) >= 11 is 0. The van der Waals surface area contributed by atoms with Gasteiger partial charge in [-0.15, -0.1) is 0 Å². The molecule has 0 aliphatic carbocycles. The molecular weight excluding hydrogens is 380 g/mol. The van der Waals surface area contributed by atoms with E-state index >= 15 is 0 Å². The van der Waals surface area contributed by atoms with Crippen LogP contribution in [-0.4, -0.2) is 23.8 Å². The first-order valence-corrected chi connectivity index (χ1v) is 9.59. The highest BCUT2D eigenvalue weighted by molar-refractivity contribution is 6.12. The van der Waals surface area contributed by atoms with Crippen LogP contribution in [0.15, 0.2) is 78.9 Å². The third kappa shape index (κ3) is 3.93. The molecule has 0 fully saturated rings. The van der Waals surface area contributed by atoms with E-state index < -0.39 is 12.0 Å². The highest BCUT2D eigenvalue weighted by atomic mass is 16.5. The van der Waals surface area contributed by atoms with Crippen LogP contribution in [0.1, 0.15) is 22.3 Å². The molecule has 0 unspecified atom stereocenters. The highest BCUT2D eigenvalue weighted by Crippen LogP contribution is 2.36. The molecule has 1 aliphatic rings. The summed E-state index contributed by atoms with van der Waals surface area (Å²) in [7, 11) is 0. The van der Waals surface area contributed by atoms with Crippen molar-refractivity contribution in [2.45, 2.75) is 19.4 Å². The predicted octanol–water partition coefficient (Wildman–Crippen LogP) is 3.96. The lowest BCUT2D eigenvalue weighted by Gasteiger charge is -2.35. The van der Waals surface area contributed by atoms with Crippen molar-refractivity contribution in [3.63, 3.8) is 0 Å². The van der Waals surface area contributed by atoms with Crippen LogP contribution >= 0.6 is 0 Å². The topological polar surface area (TPSA) is 75.7 Å². The molecule has 150 valence electrons. The summed E-state index contributed by atoms with van der Waals surface area (Å²) in [6.07, 6.45) is -0.223. The number of esters is 1. The molecule has 6 nitrogen and oxygen atoms in total. The first-order valence-electron chi connectivity index (χ1n) is 9.59. The Morgan fingerprint density at radius 2 is 1.60 bits per heavy atom. The maximum atomic E-state index is 13.4. The molecule has 4 rings (SSSR count). The molecule has 0 saturated carbocycles. The van der Waals surface area contributed by atoms with Gasteiger partial charge in [0.15, 0.2) is 5.75 Å². The van der Waals surface area contributed by atoms with Gasteiger partial charge in [0.1, 0.15) is 6.04 Å². The molecular formula is C24H20N2O4. The number of rotatable bonds is 4. The Morgan fingerprint density at radius 1 is 0.933 bits per heavy atom. The molecule has 1 aliphatic heterocycles. The van der Waals surface area contributed by atoms with Crippen LogP contribution in [0.2, 0.25) is 0 Å². The smallest absolute Gasteiger partial charge is 0.335 e. The van der Waals surface area contributed by atoms with Crippen molar-refractivity contribution in [3.05, 3.63) is 90.0 Å². The van der Waals surface area contributed by atoms with Gasteiger partial charge in [-0.05, 0) is 43.3 Å². The van der Waals surface area contributed by atoms with E-state index in [1.165, 1.54) is 4.90 Å². The minimum atomic E-state index is -1.07. The molecule has 30 heavy (non-hydrogen) atoms. The Kier molecular flexibility index (Phi) is 5.30. The van der Waals surface area contributed by atoms with Crippen molar-refractivity contribution in [1.82, 2.24) is 0 Å². The lowest BCUT2D eigenvalue weighted by molar-refractivity contribution is -0.138. The van der Waals surface area contributed by atoms with Gasteiger partial charge in [0.05, 0.1) is 12.1 Å². The fraction of sp³-hybridized carbons (Fsp3) is 0.125. The second kappa shape index (κ2) is 8.21. The van der Waals surface area contributed by atoms with E-state index in [1.807, 2.05) is 25.1 Å². The van der Waals surface area contributed by atoms with Crippen LogP contribution in [0.3, 0.4) is 0 Å². The zero-order valence-electron chi connectivity index (χ0n) is 16.4. The molecule has 0 aromatic heterocycles. The SMILES string of the molecule is Cc1ccc(C(=O)N2c3ccccc3OC(=O)[C@H]2CC(=O)Nc2ccccc2)cc1. The number of nitrogens with one attached hydrogen (secondary N) is 1. The van der Waals surface area contributed by atoms with Gasteiger partial charge in [0, 0.05) is 11.3 Å². The third-order valence-corrected chi connectivity index (χ3v) is 4.87. The molecule has 1 heterocycles. The van der Waals surface area contributed by atoms with Crippen LogP contribution in [0.25, 0.3) is 0 Å². The van der Waals surface area contributed by atoms with E-state index in [2.05, 4.69) is 5.32 Å². The molecule has 0 radical (unpaired) electrons. The average molecular weight is 400 g/mol. The molecule has 3 aromatic carbocycles. The number of amides is 2. The molecule has 0 bridgehead atoms. The second-order valence-corrected chi connectivity index (χ2v) is 7.06. The number of benzene rings is 3. The fourth-order valence-electron chi connectivity index (χ4n) is 3.36. The Hall–Kier alpha value is -3.93. The molecule has 2 amide bonds. The zero-order chi connectivity index (χ0) is 21.1. The Labute approximate surface area is 174 Å². The number of fused-ring (bicyclic) bond motifs is 1. The summed E-state index contributed by atoms with van der Waals surface area (Å²) in [5.41, 5.74) is 2.52. The van der Waals surface area contributed by atoms with Gasteiger partial charge in [0.2, 0.25) is 5.91 Å². The number of carbonyl (C=O) groups is 3. The number of hydrogen-bond acceptors (Lipinski definition) is 4. The Balaban J connectivity index is 1.66. The van der Waals surface area contributed by atoms with Crippen molar-refractivity contribution in [2.24, 2.45) is 0 Å². The lowest BCUT2D eigenvalue weighted by atomic mass is 10.0. The quantitative estimate of drug-likeness (QED) is 0.531. The Bertz CT molecular complexity index is 1090. The van der Waals surface area contributed by atoms with Crippen molar-refractivity contribution < 1.29 is 19.1 Å². The maximum Gasteiger partial charge on any atom is 0.335 e. The Morgan fingerprint density at radius 3 is 2.33 bits per heavy atom. The van der Waals surface area contributed by atoms with Gasteiger partial charge in [-0.1, -0.05) is 48.0 Å². The predicted molar refractivity (Wildman–Crippen MR) is 114 cm³/mol. The minimum absolute atomic E-state index is 0.223. The first-order chi connectivity index (χ1) is 14.5. The normalized spacial score (nSPS) is 15.2. The summed E-state index contributed by atoms with van der Waals surface area (Å²) in [5.74, 6) is -1.10. The summed E-state index contributed by atoms with van der Waals surface area (Å²) in [4.78, 5) is 40.1. The van der Waals surface area contributed by atoms with Gasteiger partial charge < -0.3 is 10.1 Å². The number of para-hydroxylation sites is 3. The van der Waals surface area contributed by atoms with E-state index in [0.717, 1.165) is 5.56 Å². The maximum absolute atomic E-state index is 13.4. The van der Waals surface area contributed by atoms with Crippen LogP contribution < -0.4 is 15.0 Å². The number of nitrogens with zero attached hydrogens (tertiary/aromatic N) is 1. The monoisotopic (exact) mass is 400 g/mol. The fourth-order valence-corrected chi connectivity index (χ4v) is 3.36. The summed E-state index contributed by atoms with van der Waals surface area (Å²) in [5, 5.41) is 2.76. The molecule has 3 aromatic rings. The lowest BCUT2D eigenvalue weighted by Crippen LogP contribution is -2.51. The van der Waals surface area contributed by atoms with E-state index in [1.54, 1.807) is 60.7 Å². The van der Waals surface area contributed by atoms with E-state index in [-0.39, 0.29) is 18.2 Å². The number of anilines is 2. The number of hydrogen-bond donors (Lipinski definition) is 1.